The molecule has 2 aromatic heterocycles. The van der Waals surface area contributed by atoms with Crippen LogP contribution in [0.2, 0.25) is 0 Å². The van der Waals surface area contributed by atoms with Gasteiger partial charge in [0.05, 0.1) is 25.2 Å². The molecule has 0 aliphatic carbocycles. The summed E-state index contributed by atoms with van der Waals surface area (Å²) in [5.41, 5.74) is 4.45. The van der Waals surface area contributed by atoms with Gasteiger partial charge in [-0.2, -0.15) is 0 Å². The van der Waals surface area contributed by atoms with Gasteiger partial charge in [0.1, 0.15) is 11.5 Å². The van der Waals surface area contributed by atoms with Crippen molar-refractivity contribution in [1.29, 1.82) is 0 Å². The molecule has 2 heterocycles. The van der Waals surface area contributed by atoms with Gasteiger partial charge in [-0.1, -0.05) is 17.3 Å². The molecule has 0 fully saturated rings. The van der Waals surface area contributed by atoms with Crippen LogP contribution in [0, 0.1) is 5.82 Å². The van der Waals surface area contributed by atoms with E-state index in [2.05, 4.69) is 20.6 Å². The van der Waals surface area contributed by atoms with E-state index in [9.17, 15) is 14.0 Å². The predicted octanol–water partition coefficient (Wildman–Crippen LogP) is 2.51. The van der Waals surface area contributed by atoms with Crippen LogP contribution in [0.15, 0.2) is 60.9 Å². The first kappa shape index (κ1) is 21.2. The third-order valence-corrected chi connectivity index (χ3v) is 5.10. The lowest BCUT2D eigenvalue weighted by molar-refractivity contribution is -0.130. The SMILES string of the molecule is O=C(C[C@@H](Cc1ccc2cc[nH]c2c1)n1cc(CNC(=O)c2ccc(F)cc2)nn1)NO. The number of nitrogens with zero attached hydrogens (tertiary/aromatic N) is 3. The van der Waals surface area contributed by atoms with Crippen molar-refractivity contribution >= 4 is 22.7 Å². The first-order valence-corrected chi connectivity index (χ1v) is 9.95. The molecule has 0 spiro atoms. The van der Waals surface area contributed by atoms with Crippen LogP contribution in [0.5, 0.6) is 0 Å². The summed E-state index contributed by atoms with van der Waals surface area (Å²) >= 11 is 0. The number of halogens is 1. The summed E-state index contributed by atoms with van der Waals surface area (Å²) in [5.74, 6) is -1.33. The van der Waals surface area contributed by atoms with Gasteiger partial charge >= 0.3 is 0 Å². The Balaban J connectivity index is 1.46. The number of H-pyrrole nitrogens is 1. The highest BCUT2D eigenvalue weighted by atomic mass is 19.1. The standard InChI is InChI=1S/C22H21FN6O3/c23-17-5-3-16(4-6-17)22(31)25-12-18-13-29(28-26-18)19(11-21(30)27-32)9-14-1-2-15-7-8-24-20(15)10-14/h1-8,10,13,19,24,32H,9,11-12H2,(H,25,31)(H,27,30)/t19-/m1/s1. The van der Waals surface area contributed by atoms with Gasteiger partial charge in [-0.05, 0) is 53.8 Å². The number of nitrogens with one attached hydrogen (secondary N) is 3. The number of carbonyl (C=O) groups excluding carboxylic acids is 2. The molecule has 2 aromatic carbocycles. The molecular formula is C22H21FN6O3. The van der Waals surface area contributed by atoms with Crippen molar-refractivity contribution in [2.24, 2.45) is 0 Å². The molecule has 0 unspecified atom stereocenters. The van der Waals surface area contributed by atoms with E-state index in [1.807, 2.05) is 30.5 Å². The van der Waals surface area contributed by atoms with Gasteiger partial charge in [0.15, 0.2) is 0 Å². The lowest BCUT2D eigenvalue weighted by Gasteiger charge is -2.16. The van der Waals surface area contributed by atoms with E-state index in [1.54, 1.807) is 16.4 Å². The Labute approximate surface area is 182 Å². The number of fused-ring (bicyclic) bond motifs is 1. The van der Waals surface area contributed by atoms with Crippen molar-refractivity contribution < 1.29 is 19.2 Å². The molecule has 10 heteroatoms. The fraction of sp³-hybridized carbons (Fsp3) is 0.182. The highest BCUT2D eigenvalue weighted by molar-refractivity contribution is 5.94. The summed E-state index contributed by atoms with van der Waals surface area (Å²) in [5, 5.41) is 20.9. The zero-order chi connectivity index (χ0) is 22.5. The number of hydrogen-bond donors (Lipinski definition) is 4. The maximum Gasteiger partial charge on any atom is 0.251 e. The number of benzene rings is 2. The Bertz CT molecular complexity index is 1230. The number of amides is 2. The van der Waals surface area contributed by atoms with Crippen molar-refractivity contribution in [1.82, 2.24) is 30.8 Å². The summed E-state index contributed by atoms with van der Waals surface area (Å²) < 4.78 is 14.6. The third kappa shape index (κ3) is 4.98. The fourth-order valence-corrected chi connectivity index (χ4v) is 3.46. The molecule has 0 aliphatic rings. The molecular weight excluding hydrogens is 415 g/mol. The predicted molar refractivity (Wildman–Crippen MR) is 113 cm³/mol. The average molecular weight is 436 g/mol. The average Bonchev–Trinajstić information content (AvgIpc) is 3.46. The molecule has 1 atom stereocenters. The van der Waals surface area contributed by atoms with Gasteiger partial charge in [0.25, 0.3) is 5.91 Å². The number of rotatable bonds is 8. The second-order valence-corrected chi connectivity index (χ2v) is 7.38. The van der Waals surface area contributed by atoms with Crippen LogP contribution in [0.1, 0.15) is 34.1 Å². The van der Waals surface area contributed by atoms with Gasteiger partial charge in [0, 0.05) is 17.3 Å². The normalized spacial score (nSPS) is 11.9. The molecule has 4 N–H and O–H groups in total. The van der Waals surface area contributed by atoms with Crippen molar-refractivity contribution in [3.05, 3.63) is 83.6 Å². The number of hydrogen-bond acceptors (Lipinski definition) is 5. The van der Waals surface area contributed by atoms with Gasteiger partial charge in [0.2, 0.25) is 5.91 Å². The molecule has 0 radical (unpaired) electrons. The highest BCUT2D eigenvalue weighted by Gasteiger charge is 2.19. The van der Waals surface area contributed by atoms with E-state index < -0.39 is 17.8 Å². The molecule has 9 nitrogen and oxygen atoms in total. The molecule has 0 bridgehead atoms. The second kappa shape index (κ2) is 9.40. The quantitative estimate of drug-likeness (QED) is 0.250. The molecule has 0 saturated heterocycles. The molecule has 4 rings (SSSR count). The van der Waals surface area contributed by atoms with E-state index in [4.69, 9.17) is 5.21 Å². The molecule has 0 aliphatic heterocycles. The Hall–Kier alpha value is -4.05. The topological polar surface area (TPSA) is 125 Å². The van der Waals surface area contributed by atoms with Crippen LogP contribution in [-0.2, 0) is 17.8 Å². The Morgan fingerprint density at radius 3 is 2.75 bits per heavy atom. The Morgan fingerprint density at radius 2 is 1.97 bits per heavy atom. The third-order valence-electron chi connectivity index (χ3n) is 5.10. The van der Waals surface area contributed by atoms with E-state index in [-0.39, 0.29) is 18.9 Å². The van der Waals surface area contributed by atoms with Crippen LogP contribution in [-0.4, -0.2) is 37.0 Å². The van der Waals surface area contributed by atoms with Crippen molar-refractivity contribution in [3.63, 3.8) is 0 Å². The van der Waals surface area contributed by atoms with Gasteiger partial charge in [-0.25, -0.2) is 14.6 Å². The van der Waals surface area contributed by atoms with Gasteiger partial charge in [-0.15, -0.1) is 5.10 Å². The summed E-state index contributed by atoms with van der Waals surface area (Å²) in [6.07, 6.45) is 3.97. The molecule has 2 amide bonds. The van der Waals surface area contributed by atoms with Crippen LogP contribution < -0.4 is 10.8 Å². The minimum Gasteiger partial charge on any atom is -0.361 e. The van der Waals surface area contributed by atoms with Crippen molar-refractivity contribution in [2.75, 3.05) is 0 Å². The molecule has 0 saturated carbocycles. The van der Waals surface area contributed by atoms with Crippen LogP contribution in [0.4, 0.5) is 4.39 Å². The molecule has 164 valence electrons. The largest absolute Gasteiger partial charge is 0.361 e. The first-order chi connectivity index (χ1) is 15.5. The fourth-order valence-electron chi connectivity index (χ4n) is 3.46. The first-order valence-electron chi connectivity index (χ1n) is 9.95. The Kier molecular flexibility index (Phi) is 6.22. The summed E-state index contributed by atoms with van der Waals surface area (Å²) in [7, 11) is 0. The second-order valence-electron chi connectivity index (χ2n) is 7.38. The van der Waals surface area contributed by atoms with E-state index in [0.717, 1.165) is 16.5 Å². The van der Waals surface area contributed by atoms with Crippen LogP contribution in [0.3, 0.4) is 0 Å². The number of aromatic nitrogens is 4. The van der Waals surface area contributed by atoms with Crippen LogP contribution in [0.25, 0.3) is 10.9 Å². The molecule has 4 aromatic rings. The van der Waals surface area contributed by atoms with Gasteiger partial charge < -0.3 is 10.3 Å². The lowest BCUT2D eigenvalue weighted by Crippen LogP contribution is -2.25. The molecule has 32 heavy (non-hydrogen) atoms. The minimum atomic E-state index is -0.544. The maximum absolute atomic E-state index is 13.0. The minimum absolute atomic E-state index is 0.00992. The monoisotopic (exact) mass is 436 g/mol. The van der Waals surface area contributed by atoms with E-state index in [0.29, 0.717) is 17.7 Å². The summed E-state index contributed by atoms with van der Waals surface area (Å²) in [4.78, 5) is 27.2. The zero-order valence-electron chi connectivity index (χ0n) is 17.0. The highest BCUT2D eigenvalue weighted by Crippen LogP contribution is 2.21. The van der Waals surface area contributed by atoms with Crippen molar-refractivity contribution in [3.8, 4) is 0 Å². The number of carbonyl (C=O) groups is 2. The zero-order valence-corrected chi connectivity index (χ0v) is 17.0. The summed E-state index contributed by atoms with van der Waals surface area (Å²) in [6, 6.07) is 12.8. The van der Waals surface area contributed by atoms with E-state index in [1.165, 1.54) is 24.3 Å². The number of aromatic amines is 1. The number of hydroxylamine groups is 1. The van der Waals surface area contributed by atoms with Crippen molar-refractivity contribution in [2.45, 2.75) is 25.4 Å². The Morgan fingerprint density at radius 1 is 1.16 bits per heavy atom. The van der Waals surface area contributed by atoms with Crippen LogP contribution >= 0.6 is 0 Å². The lowest BCUT2D eigenvalue weighted by atomic mass is 10.0. The van der Waals surface area contributed by atoms with E-state index >= 15 is 0 Å². The summed E-state index contributed by atoms with van der Waals surface area (Å²) in [6.45, 7) is 0.115. The smallest absolute Gasteiger partial charge is 0.251 e. The van der Waals surface area contributed by atoms with Gasteiger partial charge in [-0.3, -0.25) is 14.8 Å². The maximum atomic E-state index is 13.0.